The van der Waals surface area contributed by atoms with Crippen LogP contribution in [-0.4, -0.2) is 41.1 Å². The van der Waals surface area contributed by atoms with Crippen LogP contribution >= 0.6 is 11.6 Å². The number of carbonyl (C=O) groups is 2. The van der Waals surface area contributed by atoms with Crippen molar-refractivity contribution in [1.29, 1.82) is 0 Å². The molecule has 1 aliphatic rings. The number of ether oxygens (including phenoxy) is 1. The van der Waals surface area contributed by atoms with E-state index in [1.165, 1.54) is 0 Å². The molecule has 2 N–H and O–H groups in total. The van der Waals surface area contributed by atoms with Crippen LogP contribution in [0.1, 0.15) is 48.9 Å². The Balaban J connectivity index is 1.50. The van der Waals surface area contributed by atoms with E-state index >= 15 is 0 Å². The van der Waals surface area contributed by atoms with Gasteiger partial charge in [-0.3, -0.25) is 4.79 Å². The molecule has 0 unspecified atom stereocenters. The molecule has 31 heavy (non-hydrogen) atoms. The fourth-order valence-electron chi connectivity index (χ4n) is 3.78. The van der Waals surface area contributed by atoms with E-state index in [2.05, 4.69) is 0 Å². The lowest BCUT2D eigenvalue weighted by atomic mass is 9.97. The summed E-state index contributed by atoms with van der Waals surface area (Å²) in [5.74, 6) is 0.283. The summed E-state index contributed by atoms with van der Waals surface area (Å²) in [5, 5.41) is 0.314. The van der Waals surface area contributed by atoms with Gasteiger partial charge >= 0.3 is 6.09 Å². The first-order valence-corrected chi connectivity index (χ1v) is 10.7. The minimum atomic E-state index is -0.559. The normalized spacial score (nSPS) is 14.9. The van der Waals surface area contributed by atoms with Crippen molar-refractivity contribution in [3.05, 3.63) is 52.9 Å². The summed E-state index contributed by atoms with van der Waals surface area (Å²) in [6, 6.07) is 10.9. The highest BCUT2D eigenvalue weighted by Crippen LogP contribution is 2.33. The standard InChI is InChI=1S/C23H24ClN3O4/c1-13(2)30-23(29)27-9-7-14(8-10-27)22-26-19-12-16(4-6-20(19)31-22)15-3-5-17(21(25)28)18(24)11-15/h3-6,11-14H,7-10H2,1-2H3,(H2,25,28). The van der Waals surface area contributed by atoms with E-state index in [9.17, 15) is 9.59 Å². The molecule has 0 bridgehead atoms. The Morgan fingerprint density at radius 2 is 1.84 bits per heavy atom. The van der Waals surface area contributed by atoms with Gasteiger partial charge in [0, 0.05) is 19.0 Å². The number of halogens is 1. The number of benzene rings is 2. The van der Waals surface area contributed by atoms with Gasteiger partial charge in [-0.25, -0.2) is 9.78 Å². The number of oxazole rings is 1. The third kappa shape index (κ3) is 4.51. The van der Waals surface area contributed by atoms with Crippen LogP contribution in [0.3, 0.4) is 0 Å². The average molecular weight is 442 g/mol. The van der Waals surface area contributed by atoms with Gasteiger partial charge < -0.3 is 19.8 Å². The van der Waals surface area contributed by atoms with Crippen LogP contribution in [0.25, 0.3) is 22.2 Å². The molecule has 0 atom stereocenters. The van der Waals surface area contributed by atoms with Crippen LogP contribution in [0.2, 0.25) is 5.02 Å². The Morgan fingerprint density at radius 3 is 2.48 bits per heavy atom. The van der Waals surface area contributed by atoms with Gasteiger partial charge in [0.2, 0.25) is 5.91 Å². The molecule has 2 heterocycles. The summed E-state index contributed by atoms with van der Waals surface area (Å²) < 4.78 is 11.3. The van der Waals surface area contributed by atoms with Crippen molar-refractivity contribution in [3.8, 4) is 11.1 Å². The van der Waals surface area contributed by atoms with Crippen LogP contribution < -0.4 is 5.73 Å². The third-order valence-electron chi connectivity index (χ3n) is 5.41. The van der Waals surface area contributed by atoms with Gasteiger partial charge in [-0.05, 0) is 62.1 Å². The molecule has 2 aromatic carbocycles. The number of piperidine rings is 1. The fourth-order valence-corrected chi connectivity index (χ4v) is 4.05. The number of amides is 2. The third-order valence-corrected chi connectivity index (χ3v) is 5.72. The molecular weight excluding hydrogens is 418 g/mol. The van der Waals surface area contributed by atoms with Gasteiger partial charge in [-0.15, -0.1) is 0 Å². The Bertz CT molecular complexity index is 1130. The van der Waals surface area contributed by atoms with Crippen LogP contribution in [0, 0.1) is 0 Å². The number of aromatic nitrogens is 1. The molecule has 1 fully saturated rings. The van der Waals surface area contributed by atoms with E-state index in [-0.39, 0.29) is 18.1 Å². The zero-order chi connectivity index (χ0) is 22.1. The Kier molecular flexibility index (Phi) is 5.87. The largest absolute Gasteiger partial charge is 0.447 e. The lowest BCUT2D eigenvalue weighted by Crippen LogP contribution is -2.39. The van der Waals surface area contributed by atoms with Gasteiger partial charge in [-0.1, -0.05) is 23.7 Å². The highest BCUT2D eigenvalue weighted by molar-refractivity contribution is 6.34. The number of nitrogens with zero attached hydrogens (tertiary/aromatic N) is 2. The number of hydrogen-bond acceptors (Lipinski definition) is 5. The minimum Gasteiger partial charge on any atom is -0.447 e. The molecule has 0 radical (unpaired) electrons. The van der Waals surface area contributed by atoms with Gasteiger partial charge in [-0.2, -0.15) is 0 Å². The highest BCUT2D eigenvalue weighted by Gasteiger charge is 2.28. The maximum atomic E-state index is 12.1. The van der Waals surface area contributed by atoms with E-state index < -0.39 is 5.91 Å². The lowest BCUT2D eigenvalue weighted by molar-refractivity contribution is 0.0681. The number of rotatable bonds is 4. The number of fused-ring (bicyclic) bond motifs is 1. The number of hydrogen-bond donors (Lipinski definition) is 1. The highest BCUT2D eigenvalue weighted by atomic mass is 35.5. The Morgan fingerprint density at radius 1 is 1.16 bits per heavy atom. The zero-order valence-electron chi connectivity index (χ0n) is 17.4. The molecule has 1 aromatic heterocycles. The Hall–Kier alpha value is -3.06. The van der Waals surface area contributed by atoms with Crippen molar-refractivity contribution in [1.82, 2.24) is 9.88 Å². The maximum Gasteiger partial charge on any atom is 0.410 e. The van der Waals surface area contributed by atoms with E-state index in [4.69, 9.17) is 31.5 Å². The molecule has 8 heteroatoms. The first kappa shape index (κ1) is 21.2. The molecule has 7 nitrogen and oxygen atoms in total. The van der Waals surface area contributed by atoms with E-state index in [1.54, 1.807) is 23.1 Å². The first-order valence-electron chi connectivity index (χ1n) is 10.3. The van der Waals surface area contributed by atoms with Crippen molar-refractivity contribution in [2.24, 2.45) is 5.73 Å². The second kappa shape index (κ2) is 8.59. The topological polar surface area (TPSA) is 98.7 Å². The zero-order valence-corrected chi connectivity index (χ0v) is 18.2. The lowest BCUT2D eigenvalue weighted by Gasteiger charge is -2.30. The quantitative estimate of drug-likeness (QED) is 0.616. The molecule has 3 aromatic rings. The second-order valence-electron chi connectivity index (χ2n) is 7.99. The van der Waals surface area contributed by atoms with Gasteiger partial charge in [0.25, 0.3) is 0 Å². The van der Waals surface area contributed by atoms with E-state index in [1.807, 2.05) is 32.0 Å². The molecule has 0 spiro atoms. The molecule has 0 aliphatic carbocycles. The van der Waals surface area contributed by atoms with Crippen molar-refractivity contribution in [2.75, 3.05) is 13.1 Å². The maximum absolute atomic E-state index is 12.1. The molecular formula is C23H24ClN3O4. The van der Waals surface area contributed by atoms with E-state index in [0.717, 1.165) is 29.5 Å². The van der Waals surface area contributed by atoms with Crippen molar-refractivity contribution in [2.45, 2.75) is 38.7 Å². The summed E-state index contributed by atoms with van der Waals surface area (Å²) in [6.07, 6.45) is 1.16. The minimum absolute atomic E-state index is 0.127. The summed E-state index contributed by atoms with van der Waals surface area (Å²) in [5.41, 5.74) is 8.85. The fraction of sp³-hybridized carbons (Fsp3) is 0.348. The van der Waals surface area contributed by atoms with Crippen molar-refractivity contribution in [3.63, 3.8) is 0 Å². The molecule has 1 aliphatic heterocycles. The molecule has 0 saturated carbocycles. The molecule has 162 valence electrons. The number of primary amides is 1. The molecule has 4 rings (SSSR count). The predicted molar refractivity (Wildman–Crippen MR) is 118 cm³/mol. The van der Waals surface area contributed by atoms with Crippen LogP contribution in [0.5, 0.6) is 0 Å². The van der Waals surface area contributed by atoms with Crippen molar-refractivity contribution < 1.29 is 18.7 Å². The first-order chi connectivity index (χ1) is 14.8. The number of likely N-dealkylation sites (tertiary alicyclic amines) is 1. The van der Waals surface area contributed by atoms with Crippen molar-refractivity contribution >= 4 is 34.7 Å². The van der Waals surface area contributed by atoms with E-state index in [0.29, 0.717) is 35.1 Å². The second-order valence-corrected chi connectivity index (χ2v) is 8.39. The number of carbonyl (C=O) groups excluding carboxylic acids is 2. The van der Waals surface area contributed by atoms with Crippen LogP contribution in [0.4, 0.5) is 4.79 Å². The molecule has 1 saturated heterocycles. The monoisotopic (exact) mass is 441 g/mol. The molecule has 2 amide bonds. The average Bonchev–Trinajstić information content (AvgIpc) is 3.16. The van der Waals surface area contributed by atoms with Gasteiger partial charge in [0.05, 0.1) is 16.7 Å². The SMILES string of the molecule is CC(C)OC(=O)N1CCC(c2nc3cc(-c4ccc(C(N)=O)c(Cl)c4)ccc3o2)CC1. The van der Waals surface area contributed by atoms with Crippen LogP contribution in [0.15, 0.2) is 40.8 Å². The van der Waals surface area contributed by atoms with Gasteiger partial charge in [0.15, 0.2) is 11.5 Å². The summed E-state index contributed by atoms with van der Waals surface area (Å²) in [4.78, 5) is 29.9. The number of nitrogens with two attached hydrogens (primary N) is 1. The summed E-state index contributed by atoms with van der Waals surface area (Å²) >= 11 is 6.19. The van der Waals surface area contributed by atoms with Crippen LogP contribution in [-0.2, 0) is 4.74 Å². The summed E-state index contributed by atoms with van der Waals surface area (Å²) in [7, 11) is 0. The smallest absolute Gasteiger partial charge is 0.410 e. The Labute approximate surface area is 185 Å². The summed E-state index contributed by atoms with van der Waals surface area (Å²) in [6.45, 7) is 4.92. The predicted octanol–water partition coefficient (Wildman–Crippen LogP) is 4.97. The van der Waals surface area contributed by atoms with Gasteiger partial charge in [0.1, 0.15) is 5.52 Å².